The maximum absolute atomic E-state index is 9.40. The van der Waals surface area contributed by atoms with Gasteiger partial charge >= 0.3 is 0 Å². The normalized spacial score (nSPS) is 20.8. The van der Waals surface area contributed by atoms with Crippen molar-refractivity contribution in [3.63, 3.8) is 0 Å². The Kier molecular flexibility index (Phi) is 6.31. The fraction of sp³-hybridized carbons (Fsp3) is 0.455. The van der Waals surface area contributed by atoms with Gasteiger partial charge in [-0.3, -0.25) is 0 Å². The highest BCUT2D eigenvalue weighted by atomic mass is 16.3. The summed E-state index contributed by atoms with van der Waals surface area (Å²) in [5.41, 5.74) is 2.83. The number of benzene rings is 2. The SMILES string of the molecule is Oc1ccc(C2CCC(NCCCCc3ccccc3)CC2)cc1. The number of aryl methyl sites for hydroxylation is 1. The molecule has 0 saturated heterocycles. The molecule has 0 atom stereocenters. The molecule has 1 aliphatic rings. The van der Waals surface area contributed by atoms with Crippen LogP contribution in [0.5, 0.6) is 5.75 Å². The molecule has 0 spiro atoms. The van der Waals surface area contributed by atoms with Crippen LogP contribution in [0, 0.1) is 0 Å². The van der Waals surface area contributed by atoms with Gasteiger partial charge in [0.1, 0.15) is 5.75 Å². The van der Waals surface area contributed by atoms with Crippen LogP contribution in [-0.2, 0) is 6.42 Å². The highest BCUT2D eigenvalue weighted by molar-refractivity contribution is 5.28. The molecule has 2 heteroatoms. The van der Waals surface area contributed by atoms with Crippen molar-refractivity contribution in [1.82, 2.24) is 5.32 Å². The molecule has 0 heterocycles. The van der Waals surface area contributed by atoms with Gasteiger partial charge in [0.15, 0.2) is 0 Å². The van der Waals surface area contributed by atoms with Crippen molar-refractivity contribution >= 4 is 0 Å². The maximum atomic E-state index is 9.40. The van der Waals surface area contributed by atoms with Crippen LogP contribution >= 0.6 is 0 Å². The monoisotopic (exact) mass is 323 g/mol. The largest absolute Gasteiger partial charge is 0.508 e. The minimum atomic E-state index is 0.365. The number of rotatable bonds is 7. The molecule has 0 unspecified atom stereocenters. The second-order valence-electron chi connectivity index (χ2n) is 7.04. The minimum Gasteiger partial charge on any atom is -0.508 e. The number of phenols is 1. The zero-order valence-corrected chi connectivity index (χ0v) is 14.5. The summed E-state index contributed by atoms with van der Waals surface area (Å²) < 4.78 is 0. The number of nitrogens with one attached hydrogen (secondary N) is 1. The fourth-order valence-corrected chi connectivity index (χ4v) is 3.78. The van der Waals surface area contributed by atoms with E-state index < -0.39 is 0 Å². The van der Waals surface area contributed by atoms with E-state index in [4.69, 9.17) is 0 Å². The third kappa shape index (κ3) is 5.10. The quantitative estimate of drug-likeness (QED) is 0.700. The van der Waals surface area contributed by atoms with E-state index in [0.717, 1.165) is 6.54 Å². The van der Waals surface area contributed by atoms with Crippen LogP contribution < -0.4 is 5.32 Å². The zero-order valence-electron chi connectivity index (χ0n) is 14.5. The summed E-state index contributed by atoms with van der Waals surface area (Å²) in [6.07, 6.45) is 8.76. The molecule has 0 amide bonds. The Labute approximate surface area is 145 Å². The summed E-state index contributed by atoms with van der Waals surface area (Å²) in [6, 6.07) is 19.2. The van der Waals surface area contributed by atoms with Gasteiger partial charge in [-0.25, -0.2) is 0 Å². The Morgan fingerprint density at radius 3 is 2.25 bits per heavy atom. The van der Waals surface area contributed by atoms with E-state index in [1.165, 1.54) is 56.1 Å². The van der Waals surface area contributed by atoms with Crippen LogP contribution in [-0.4, -0.2) is 17.7 Å². The van der Waals surface area contributed by atoms with Crippen molar-refractivity contribution in [3.8, 4) is 5.75 Å². The molecule has 2 aromatic carbocycles. The molecule has 2 aromatic rings. The van der Waals surface area contributed by atoms with Crippen molar-refractivity contribution in [2.75, 3.05) is 6.54 Å². The van der Waals surface area contributed by atoms with Crippen LogP contribution in [0.2, 0.25) is 0 Å². The fourth-order valence-electron chi connectivity index (χ4n) is 3.78. The molecule has 1 aliphatic carbocycles. The Balaban J connectivity index is 1.30. The highest BCUT2D eigenvalue weighted by Crippen LogP contribution is 2.33. The topological polar surface area (TPSA) is 32.3 Å². The van der Waals surface area contributed by atoms with Gasteiger partial charge in [-0.2, -0.15) is 0 Å². The number of aromatic hydroxyl groups is 1. The number of hydrogen-bond donors (Lipinski definition) is 2. The predicted octanol–water partition coefficient (Wildman–Crippen LogP) is 5.03. The first-order chi connectivity index (χ1) is 11.8. The van der Waals surface area contributed by atoms with Gasteiger partial charge in [0.25, 0.3) is 0 Å². The van der Waals surface area contributed by atoms with E-state index in [1.54, 1.807) is 0 Å². The van der Waals surface area contributed by atoms with Crippen LogP contribution in [0.25, 0.3) is 0 Å². The van der Waals surface area contributed by atoms with Crippen molar-refractivity contribution in [2.45, 2.75) is 56.9 Å². The molecule has 24 heavy (non-hydrogen) atoms. The second kappa shape index (κ2) is 8.89. The first kappa shape index (κ1) is 17.0. The van der Waals surface area contributed by atoms with Crippen LogP contribution in [0.1, 0.15) is 55.6 Å². The van der Waals surface area contributed by atoms with Gasteiger partial charge in [0, 0.05) is 6.04 Å². The predicted molar refractivity (Wildman–Crippen MR) is 100 cm³/mol. The molecule has 0 aromatic heterocycles. The minimum absolute atomic E-state index is 0.365. The van der Waals surface area contributed by atoms with Crippen LogP contribution in [0.4, 0.5) is 0 Å². The van der Waals surface area contributed by atoms with Gasteiger partial charge in [0.05, 0.1) is 0 Å². The molecule has 0 bridgehead atoms. The first-order valence-corrected chi connectivity index (χ1v) is 9.37. The summed E-state index contributed by atoms with van der Waals surface area (Å²) in [5, 5.41) is 13.1. The van der Waals surface area contributed by atoms with E-state index in [0.29, 0.717) is 17.7 Å². The van der Waals surface area contributed by atoms with Crippen molar-refractivity contribution < 1.29 is 5.11 Å². The molecule has 0 aliphatic heterocycles. The summed E-state index contributed by atoms with van der Waals surface area (Å²) in [7, 11) is 0. The molecule has 0 radical (unpaired) electrons. The van der Waals surface area contributed by atoms with Gasteiger partial charge < -0.3 is 10.4 Å². The lowest BCUT2D eigenvalue weighted by atomic mass is 9.82. The summed E-state index contributed by atoms with van der Waals surface area (Å²) in [6.45, 7) is 1.14. The van der Waals surface area contributed by atoms with E-state index in [1.807, 2.05) is 12.1 Å². The molecular formula is C22H29NO. The van der Waals surface area contributed by atoms with Crippen molar-refractivity contribution in [1.29, 1.82) is 0 Å². The van der Waals surface area contributed by atoms with E-state index in [2.05, 4.69) is 47.8 Å². The molecule has 128 valence electrons. The summed E-state index contributed by atoms with van der Waals surface area (Å²) >= 11 is 0. The number of hydrogen-bond acceptors (Lipinski definition) is 2. The van der Waals surface area contributed by atoms with Crippen molar-refractivity contribution in [3.05, 3.63) is 65.7 Å². The van der Waals surface area contributed by atoms with E-state index in [-0.39, 0.29) is 0 Å². The zero-order chi connectivity index (χ0) is 16.6. The molecule has 1 fully saturated rings. The van der Waals surface area contributed by atoms with E-state index >= 15 is 0 Å². The number of phenolic OH excluding ortho intramolecular Hbond substituents is 1. The summed E-state index contributed by atoms with van der Waals surface area (Å²) in [5.74, 6) is 1.03. The third-order valence-corrected chi connectivity index (χ3v) is 5.26. The third-order valence-electron chi connectivity index (χ3n) is 5.26. The Hall–Kier alpha value is -1.80. The molecule has 2 N–H and O–H groups in total. The lowest BCUT2D eigenvalue weighted by molar-refractivity contribution is 0.341. The standard InChI is InChI=1S/C22H29NO/c24-22-15-11-20(12-16-22)19-9-13-21(14-10-19)23-17-5-4-8-18-6-2-1-3-7-18/h1-3,6-7,11-12,15-16,19,21,23-24H,4-5,8-10,13-14,17H2. The molecule has 2 nitrogen and oxygen atoms in total. The maximum Gasteiger partial charge on any atom is 0.115 e. The van der Waals surface area contributed by atoms with Crippen LogP contribution in [0.15, 0.2) is 54.6 Å². The Morgan fingerprint density at radius 2 is 1.54 bits per heavy atom. The highest BCUT2D eigenvalue weighted by Gasteiger charge is 2.21. The van der Waals surface area contributed by atoms with Gasteiger partial charge in [-0.15, -0.1) is 0 Å². The van der Waals surface area contributed by atoms with Crippen LogP contribution in [0.3, 0.4) is 0 Å². The molecular weight excluding hydrogens is 294 g/mol. The Morgan fingerprint density at radius 1 is 0.833 bits per heavy atom. The van der Waals surface area contributed by atoms with E-state index in [9.17, 15) is 5.11 Å². The Bertz CT molecular complexity index is 585. The van der Waals surface area contributed by atoms with Gasteiger partial charge in [0.2, 0.25) is 0 Å². The second-order valence-corrected chi connectivity index (χ2v) is 7.04. The number of unbranched alkanes of at least 4 members (excludes halogenated alkanes) is 1. The average Bonchev–Trinajstić information content (AvgIpc) is 2.64. The van der Waals surface area contributed by atoms with Gasteiger partial charge in [-0.05, 0) is 80.7 Å². The average molecular weight is 323 g/mol. The summed E-state index contributed by atoms with van der Waals surface area (Å²) in [4.78, 5) is 0. The smallest absolute Gasteiger partial charge is 0.115 e. The first-order valence-electron chi connectivity index (χ1n) is 9.37. The van der Waals surface area contributed by atoms with Crippen molar-refractivity contribution in [2.24, 2.45) is 0 Å². The lowest BCUT2D eigenvalue weighted by Crippen LogP contribution is -2.33. The molecule has 3 rings (SSSR count). The lowest BCUT2D eigenvalue weighted by Gasteiger charge is -2.29. The van der Waals surface area contributed by atoms with Gasteiger partial charge in [-0.1, -0.05) is 42.5 Å². The molecule has 1 saturated carbocycles.